The zero-order valence-corrected chi connectivity index (χ0v) is 20.5. The van der Waals surface area contributed by atoms with Gasteiger partial charge in [0.2, 0.25) is 5.88 Å². The maximum atomic E-state index is 15.0. The van der Waals surface area contributed by atoms with Crippen molar-refractivity contribution >= 4 is 16.6 Å². The van der Waals surface area contributed by atoms with Crippen molar-refractivity contribution in [2.24, 2.45) is 0 Å². The monoisotopic (exact) mass is 475 g/mol. The molecule has 1 unspecified atom stereocenters. The second-order valence-electron chi connectivity index (χ2n) is 7.98. The van der Waals surface area contributed by atoms with E-state index in [9.17, 15) is 4.39 Å². The van der Waals surface area contributed by atoms with E-state index < -0.39 is 0 Å². The van der Waals surface area contributed by atoms with Gasteiger partial charge in [-0.3, -0.25) is 0 Å². The second kappa shape index (κ2) is 11.2. The van der Waals surface area contributed by atoms with E-state index in [2.05, 4.69) is 25.1 Å². The predicted molar refractivity (Wildman–Crippen MR) is 135 cm³/mol. The Morgan fingerprint density at radius 2 is 1.77 bits per heavy atom. The van der Waals surface area contributed by atoms with E-state index in [0.717, 1.165) is 40.9 Å². The van der Waals surface area contributed by atoms with Gasteiger partial charge in [0.25, 0.3) is 0 Å². The van der Waals surface area contributed by atoms with Crippen LogP contribution in [0, 0.1) is 5.82 Å². The molecule has 2 aromatic heterocycles. The molecule has 35 heavy (non-hydrogen) atoms. The zero-order chi connectivity index (χ0) is 24.8. The Bertz CT molecular complexity index is 1280. The highest BCUT2D eigenvalue weighted by Gasteiger charge is 2.18. The first-order chi connectivity index (χ1) is 17.1. The fraction of sp³-hybridized carbons (Fsp3) is 0.333. The number of hydrogen-bond donors (Lipinski definition) is 0. The molecule has 0 N–H and O–H groups in total. The molecule has 0 radical (unpaired) electrons. The first kappa shape index (κ1) is 24.5. The topological polar surface area (TPSA) is 73.3 Å². The molecule has 1 aliphatic rings. The van der Waals surface area contributed by atoms with E-state index in [0.29, 0.717) is 30.4 Å². The summed E-state index contributed by atoms with van der Waals surface area (Å²) in [6, 6.07) is 14.8. The van der Waals surface area contributed by atoms with Crippen molar-refractivity contribution < 1.29 is 13.9 Å². The first-order valence-electron chi connectivity index (χ1n) is 11.9. The minimum absolute atomic E-state index is 0.0798. The van der Waals surface area contributed by atoms with E-state index in [1.54, 1.807) is 19.2 Å². The molecule has 0 aliphatic carbocycles. The summed E-state index contributed by atoms with van der Waals surface area (Å²) in [4.78, 5) is 11.2. The summed E-state index contributed by atoms with van der Waals surface area (Å²) in [5, 5.41) is 9.11. The van der Waals surface area contributed by atoms with Crippen molar-refractivity contribution in [3.8, 4) is 17.1 Å². The molecular weight excluding hydrogens is 445 g/mol. The van der Waals surface area contributed by atoms with Crippen LogP contribution in [0.3, 0.4) is 0 Å². The Hall–Kier alpha value is -3.65. The highest BCUT2D eigenvalue weighted by molar-refractivity contribution is 5.94. The van der Waals surface area contributed by atoms with Crippen LogP contribution in [0.5, 0.6) is 5.88 Å². The van der Waals surface area contributed by atoms with Gasteiger partial charge in [0.05, 0.1) is 37.2 Å². The minimum Gasteiger partial charge on any atom is -0.480 e. The molecule has 7 nitrogen and oxygen atoms in total. The number of hydrogen-bond acceptors (Lipinski definition) is 7. The Balaban J connectivity index is 0.00000141. The Morgan fingerprint density at radius 3 is 2.49 bits per heavy atom. The first-order valence-corrected chi connectivity index (χ1v) is 11.9. The van der Waals surface area contributed by atoms with Gasteiger partial charge in [0, 0.05) is 41.7 Å². The standard InChI is InChI=1S/C25H24FN5O2.C2H6/c1-16(22-7-8-24(32-2)30-29-22)17-3-6-21(26)20(13-17)25-19-5-4-18(14-23(19)27-15-28-25)31-9-11-33-12-10-31;1-2/h3-8,13-16H,9-12H2,1-2H3;1-2H3. The lowest BCUT2D eigenvalue weighted by Crippen LogP contribution is -2.36. The van der Waals surface area contributed by atoms with Crippen molar-refractivity contribution in [2.75, 3.05) is 38.3 Å². The van der Waals surface area contributed by atoms with Gasteiger partial charge in [-0.15, -0.1) is 5.10 Å². The van der Waals surface area contributed by atoms with Crippen LogP contribution in [0.4, 0.5) is 10.1 Å². The van der Waals surface area contributed by atoms with Gasteiger partial charge in [-0.1, -0.05) is 26.8 Å². The number of ether oxygens (including phenoxy) is 2. The van der Waals surface area contributed by atoms with Gasteiger partial charge >= 0.3 is 0 Å². The average molecular weight is 476 g/mol. The van der Waals surface area contributed by atoms with Crippen LogP contribution in [0.2, 0.25) is 0 Å². The highest BCUT2D eigenvalue weighted by atomic mass is 19.1. The molecule has 1 atom stereocenters. The van der Waals surface area contributed by atoms with Crippen LogP contribution in [0.1, 0.15) is 37.9 Å². The minimum atomic E-state index is -0.330. The van der Waals surface area contributed by atoms with E-state index in [4.69, 9.17) is 9.47 Å². The number of rotatable bonds is 5. The molecule has 5 rings (SSSR count). The molecule has 182 valence electrons. The smallest absolute Gasteiger partial charge is 0.233 e. The molecule has 0 bridgehead atoms. The molecular formula is C27H30FN5O2. The maximum absolute atomic E-state index is 15.0. The number of morpholine rings is 1. The van der Waals surface area contributed by atoms with Crippen molar-refractivity contribution in [3.63, 3.8) is 0 Å². The van der Waals surface area contributed by atoms with Crippen molar-refractivity contribution in [1.29, 1.82) is 0 Å². The molecule has 0 amide bonds. The molecule has 0 spiro atoms. The molecule has 3 heterocycles. The number of anilines is 1. The lowest BCUT2D eigenvalue weighted by Gasteiger charge is -2.29. The van der Waals surface area contributed by atoms with Crippen molar-refractivity contribution in [2.45, 2.75) is 26.7 Å². The summed E-state index contributed by atoms with van der Waals surface area (Å²) in [6.07, 6.45) is 1.49. The Kier molecular flexibility index (Phi) is 7.82. The molecule has 2 aromatic carbocycles. The molecule has 0 saturated carbocycles. The van der Waals surface area contributed by atoms with Gasteiger partial charge in [-0.05, 0) is 42.0 Å². The summed E-state index contributed by atoms with van der Waals surface area (Å²) in [6.45, 7) is 9.11. The third-order valence-electron chi connectivity index (χ3n) is 6.06. The maximum Gasteiger partial charge on any atom is 0.233 e. The van der Waals surface area contributed by atoms with Gasteiger partial charge in [0.1, 0.15) is 12.1 Å². The summed E-state index contributed by atoms with van der Waals surface area (Å²) in [7, 11) is 1.55. The van der Waals surface area contributed by atoms with E-state index in [-0.39, 0.29) is 11.7 Å². The summed E-state index contributed by atoms with van der Waals surface area (Å²) in [5.74, 6) is 0.0439. The SMILES string of the molecule is CC.COc1ccc(C(C)c2ccc(F)c(-c3ncnc4cc(N5CCOCC5)ccc34)c2)nn1. The largest absolute Gasteiger partial charge is 0.480 e. The summed E-state index contributed by atoms with van der Waals surface area (Å²) in [5.41, 5.74) is 4.56. The Morgan fingerprint density at radius 1 is 0.971 bits per heavy atom. The van der Waals surface area contributed by atoms with Crippen LogP contribution < -0.4 is 9.64 Å². The van der Waals surface area contributed by atoms with Gasteiger partial charge in [-0.2, -0.15) is 5.10 Å². The van der Waals surface area contributed by atoms with Crippen LogP contribution in [0.15, 0.2) is 54.9 Å². The van der Waals surface area contributed by atoms with Crippen LogP contribution in [0.25, 0.3) is 22.2 Å². The fourth-order valence-corrected chi connectivity index (χ4v) is 4.11. The van der Waals surface area contributed by atoms with Gasteiger partial charge < -0.3 is 14.4 Å². The van der Waals surface area contributed by atoms with Gasteiger partial charge in [0.15, 0.2) is 0 Å². The Labute approximate surface area is 205 Å². The number of halogens is 1. The van der Waals surface area contributed by atoms with Crippen molar-refractivity contribution in [3.05, 3.63) is 71.9 Å². The zero-order valence-electron chi connectivity index (χ0n) is 20.5. The van der Waals surface area contributed by atoms with E-state index in [1.165, 1.54) is 12.4 Å². The quantitative estimate of drug-likeness (QED) is 0.390. The lowest BCUT2D eigenvalue weighted by atomic mass is 9.94. The number of nitrogens with zero attached hydrogens (tertiary/aromatic N) is 5. The number of methoxy groups -OCH3 is 1. The summed E-state index contributed by atoms with van der Waals surface area (Å²) < 4.78 is 25.5. The van der Waals surface area contributed by atoms with Crippen molar-refractivity contribution in [1.82, 2.24) is 20.2 Å². The fourth-order valence-electron chi connectivity index (χ4n) is 4.11. The van der Waals surface area contributed by atoms with Crippen LogP contribution in [-0.4, -0.2) is 53.6 Å². The molecule has 1 aliphatic heterocycles. The second-order valence-corrected chi connectivity index (χ2v) is 7.98. The third-order valence-corrected chi connectivity index (χ3v) is 6.06. The van der Waals surface area contributed by atoms with Gasteiger partial charge in [-0.25, -0.2) is 14.4 Å². The molecule has 1 saturated heterocycles. The average Bonchev–Trinajstić information content (AvgIpc) is 2.94. The lowest BCUT2D eigenvalue weighted by molar-refractivity contribution is 0.122. The number of aromatic nitrogens is 4. The number of fused-ring (bicyclic) bond motifs is 1. The highest BCUT2D eigenvalue weighted by Crippen LogP contribution is 2.33. The molecule has 4 aromatic rings. The van der Waals surface area contributed by atoms with E-state index >= 15 is 0 Å². The number of benzene rings is 2. The normalized spacial score (nSPS) is 14.3. The molecule has 1 fully saturated rings. The van der Waals surface area contributed by atoms with E-state index in [1.807, 2.05) is 51.1 Å². The summed E-state index contributed by atoms with van der Waals surface area (Å²) >= 11 is 0. The van der Waals surface area contributed by atoms with Crippen LogP contribution >= 0.6 is 0 Å². The van der Waals surface area contributed by atoms with Crippen LogP contribution in [-0.2, 0) is 4.74 Å². The molecule has 8 heteroatoms. The third kappa shape index (κ3) is 5.22. The predicted octanol–water partition coefficient (Wildman–Crippen LogP) is 5.25.